The number of carbonyl (C=O) groups excluding carboxylic acids is 2. The first-order chi connectivity index (χ1) is 15.5. The van der Waals surface area contributed by atoms with Gasteiger partial charge in [0, 0.05) is 22.7 Å². The third-order valence-electron chi connectivity index (χ3n) is 4.92. The number of anilines is 2. The summed E-state index contributed by atoms with van der Waals surface area (Å²) < 4.78 is 4.75. The molecule has 1 amide bonds. The molecule has 4 rings (SSSR count). The Balaban J connectivity index is 1.54. The van der Waals surface area contributed by atoms with Crippen LogP contribution in [0.15, 0.2) is 71.7 Å². The highest BCUT2D eigenvalue weighted by Crippen LogP contribution is 2.28. The minimum Gasteiger partial charge on any atom is -0.494 e. The number of nitrogens with two attached hydrogens (primary N) is 1. The number of aromatic nitrogens is 1. The van der Waals surface area contributed by atoms with Crippen molar-refractivity contribution in [3.63, 3.8) is 0 Å². The number of ether oxygens (including phenoxy) is 1. The number of aromatic hydroxyl groups is 1. The fourth-order valence-corrected chi connectivity index (χ4v) is 3.22. The van der Waals surface area contributed by atoms with E-state index in [4.69, 9.17) is 10.5 Å². The molecular weight excluding hydrogens is 408 g/mol. The predicted octanol–water partition coefficient (Wildman–Crippen LogP) is 4.25. The maximum Gasteiger partial charge on any atom is 0.337 e. The lowest BCUT2D eigenvalue weighted by molar-refractivity contribution is 0.0600. The monoisotopic (exact) mass is 428 g/mol. The number of hydrogen-bond donors (Lipinski definition) is 4. The molecule has 0 bridgehead atoms. The van der Waals surface area contributed by atoms with Crippen molar-refractivity contribution >= 4 is 46.1 Å². The van der Waals surface area contributed by atoms with Gasteiger partial charge < -0.3 is 25.9 Å². The normalized spacial score (nSPS) is 11.0. The second-order valence-electron chi connectivity index (χ2n) is 6.99. The van der Waals surface area contributed by atoms with E-state index in [0.29, 0.717) is 44.7 Å². The maximum atomic E-state index is 12.4. The molecule has 0 saturated carbocycles. The molecule has 8 nitrogen and oxygen atoms in total. The van der Waals surface area contributed by atoms with Crippen LogP contribution in [0.25, 0.3) is 10.9 Å². The topological polar surface area (TPSA) is 130 Å². The molecular formula is C24H20N4O4. The van der Waals surface area contributed by atoms with Crippen LogP contribution >= 0.6 is 0 Å². The molecule has 0 atom stereocenters. The number of esters is 1. The van der Waals surface area contributed by atoms with Crippen molar-refractivity contribution in [1.29, 1.82) is 0 Å². The SMILES string of the molecule is COC(=O)c1ccc2[nH]c(O)c(C=Nc3ccc(C(=O)Nc4ccccc4N)cc3)c2c1. The lowest BCUT2D eigenvalue weighted by Crippen LogP contribution is -2.12. The Labute approximate surface area is 183 Å². The number of nitrogen functional groups attached to an aromatic ring is 1. The molecule has 0 spiro atoms. The van der Waals surface area contributed by atoms with E-state index in [-0.39, 0.29) is 11.8 Å². The second kappa shape index (κ2) is 8.65. The predicted molar refractivity (Wildman–Crippen MR) is 124 cm³/mol. The van der Waals surface area contributed by atoms with Gasteiger partial charge in [-0.3, -0.25) is 9.79 Å². The third kappa shape index (κ3) is 4.15. The second-order valence-corrected chi connectivity index (χ2v) is 6.99. The number of hydrogen-bond acceptors (Lipinski definition) is 6. The van der Waals surface area contributed by atoms with Crippen molar-refractivity contribution in [2.45, 2.75) is 0 Å². The Hall–Kier alpha value is -4.59. The Morgan fingerprint density at radius 1 is 1.06 bits per heavy atom. The van der Waals surface area contributed by atoms with Gasteiger partial charge in [-0.25, -0.2) is 4.79 Å². The molecule has 0 unspecified atom stereocenters. The number of para-hydroxylation sites is 2. The van der Waals surface area contributed by atoms with E-state index < -0.39 is 5.97 Å². The molecule has 1 aromatic heterocycles. The van der Waals surface area contributed by atoms with Gasteiger partial charge in [0.25, 0.3) is 5.91 Å². The fourth-order valence-electron chi connectivity index (χ4n) is 3.22. The van der Waals surface area contributed by atoms with E-state index in [1.54, 1.807) is 66.7 Å². The summed E-state index contributed by atoms with van der Waals surface area (Å²) in [6.07, 6.45) is 1.50. The van der Waals surface area contributed by atoms with Gasteiger partial charge in [0.15, 0.2) is 5.88 Å². The van der Waals surface area contributed by atoms with Crippen molar-refractivity contribution in [2.24, 2.45) is 4.99 Å². The average Bonchev–Trinajstić information content (AvgIpc) is 3.13. The Bertz CT molecular complexity index is 1340. The summed E-state index contributed by atoms with van der Waals surface area (Å²) in [4.78, 5) is 31.5. The molecule has 8 heteroatoms. The average molecular weight is 428 g/mol. The van der Waals surface area contributed by atoms with Gasteiger partial charge in [0.2, 0.25) is 0 Å². The van der Waals surface area contributed by atoms with Crippen molar-refractivity contribution < 1.29 is 19.4 Å². The van der Waals surface area contributed by atoms with Gasteiger partial charge in [-0.05, 0) is 54.6 Å². The summed E-state index contributed by atoms with van der Waals surface area (Å²) in [5, 5.41) is 13.7. The number of nitrogens with one attached hydrogen (secondary N) is 2. The van der Waals surface area contributed by atoms with Crippen molar-refractivity contribution in [1.82, 2.24) is 4.98 Å². The van der Waals surface area contributed by atoms with Gasteiger partial charge in [-0.1, -0.05) is 12.1 Å². The van der Waals surface area contributed by atoms with Crippen LogP contribution in [0.2, 0.25) is 0 Å². The highest BCUT2D eigenvalue weighted by atomic mass is 16.5. The number of carbonyl (C=O) groups is 2. The van der Waals surface area contributed by atoms with E-state index in [0.717, 1.165) is 0 Å². The summed E-state index contributed by atoms with van der Waals surface area (Å²) in [5.41, 5.74) is 9.37. The van der Waals surface area contributed by atoms with Gasteiger partial charge in [-0.15, -0.1) is 0 Å². The number of fused-ring (bicyclic) bond motifs is 1. The summed E-state index contributed by atoms with van der Waals surface area (Å²) in [6.45, 7) is 0. The fraction of sp³-hybridized carbons (Fsp3) is 0.0417. The van der Waals surface area contributed by atoms with Crippen LogP contribution in [-0.4, -0.2) is 35.3 Å². The number of nitrogens with zero attached hydrogens (tertiary/aromatic N) is 1. The Morgan fingerprint density at radius 2 is 1.78 bits per heavy atom. The van der Waals surface area contributed by atoms with Crippen LogP contribution in [0.1, 0.15) is 26.3 Å². The zero-order valence-corrected chi connectivity index (χ0v) is 17.1. The van der Waals surface area contributed by atoms with Crippen molar-refractivity contribution in [3.8, 4) is 5.88 Å². The third-order valence-corrected chi connectivity index (χ3v) is 4.92. The molecule has 4 aromatic rings. The van der Waals surface area contributed by atoms with Gasteiger partial charge in [0.05, 0.1) is 35.3 Å². The van der Waals surface area contributed by atoms with E-state index in [2.05, 4.69) is 15.3 Å². The van der Waals surface area contributed by atoms with Gasteiger partial charge >= 0.3 is 5.97 Å². The van der Waals surface area contributed by atoms with Crippen molar-refractivity contribution in [2.75, 3.05) is 18.2 Å². The molecule has 0 saturated heterocycles. The smallest absolute Gasteiger partial charge is 0.337 e. The molecule has 0 aliphatic carbocycles. The minimum absolute atomic E-state index is 0.0674. The highest BCUT2D eigenvalue weighted by Gasteiger charge is 2.13. The van der Waals surface area contributed by atoms with E-state index in [1.807, 2.05) is 0 Å². The van der Waals surface area contributed by atoms with Gasteiger partial charge in [-0.2, -0.15) is 0 Å². The lowest BCUT2D eigenvalue weighted by atomic mass is 10.1. The standard InChI is InChI=1S/C24H20N4O4/c1-32-24(31)15-8-11-20-17(12-15)18(23(30)27-20)13-26-16-9-6-14(7-10-16)22(29)28-21-5-3-2-4-19(21)25/h2-13,27,30H,25H2,1H3,(H,28,29). The quantitative estimate of drug-likeness (QED) is 0.215. The van der Waals surface area contributed by atoms with Crippen LogP contribution in [0.5, 0.6) is 5.88 Å². The number of H-pyrrole nitrogens is 1. The molecule has 1 heterocycles. The highest BCUT2D eigenvalue weighted by molar-refractivity contribution is 6.06. The summed E-state index contributed by atoms with van der Waals surface area (Å²) >= 11 is 0. The van der Waals surface area contributed by atoms with Crippen LogP contribution in [-0.2, 0) is 4.74 Å². The minimum atomic E-state index is -0.471. The molecule has 0 radical (unpaired) electrons. The summed E-state index contributed by atoms with van der Waals surface area (Å²) in [7, 11) is 1.31. The number of methoxy groups -OCH3 is 1. The van der Waals surface area contributed by atoms with Gasteiger partial charge in [0.1, 0.15) is 0 Å². The van der Waals surface area contributed by atoms with E-state index >= 15 is 0 Å². The zero-order valence-electron chi connectivity index (χ0n) is 17.1. The number of aliphatic imine (C=N–C) groups is 1. The molecule has 0 aliphatic heterocycles. The van der Waals surface area contributed by atoms with Crippen LogP contribution in [0.3, 0.4) is 0 Å². The molecule has 5 N–H and O–H groups in total. The van der Waals surface area contributed by atoms with E-state index in [9.17, 15) is 14.7 Å². The maximum absolute atomic E-state index is 12.4. The molecule has 3 aromatic carbocycles. The lowest BCUT2D eigenvalue weighted by Gasteiger charge is -2.07. The Morgan fingerprint density at radius 3 is 2.50 bits per heavy atom. The Kier molecular flexibility index (Phi) is 5.59. The molecule has 0 fully saturated rings. The molecule has 160 valence electrons. The van der Waals surface area contributed by atoms with Crippen LogP contribution in [0.4, 0.5) is 17.1 Å². The number of amides is 1. The molecule has 0 aliphatic rings. The van der Waals surface area contributed by atoms with Crippen LogP contribution in [0, 0.1) is 0 Å². The number of benzene rings is 3. The van der Waals surface area contributed by atoms with Crippen molar-refractivity contribution in [3.05, 3.63) is 83.4 Å². The largest absolute Gasteiger partial charge is 0.494 e. The summed E-state index contributed by atoms with van der Waals surface area (Å²) in [5.74, 6) is -0.827. The number of rotatable bonds is 5. The first-order valence-electron chi connectivity index (χ1n) is 9.69. The first kappa shape index (κ1) is 20.7. The zero-order chi connectivity index (χ0) is 22.7. The number of aromatic amines is 1. The first-order valence-corrected chi connectivity index (χ1v) is 9.69. The van der Waals surface area contributed by atoms with Crippen LogP contribution < -0.4 is 11.1 Å². The van der Waals surface area contributed by atoms with E-state index in [1.165, 1.54) is 13.3 Å². The molecule has 32 heavy (non-hydrogen) atoms. The summed E-state index contributed by atoms with van der Waals surface area (Å²) in [6, 6.07) is 18.6.